The van der Waals surface area contributed by atoms with E-state index in [9.17, 15) is 9.59 Å². The molecule has 0 bridgehead atoms. The second-order valence-electron chi connectivity index (χ2n) is 6.78. The smallest absolute Gasteiger partial charge is 0.338 e. The molecule has 1 unspecified atom stereocenters. The molecule has 0 saturated heterocycles. The minimum atomic E-state index is -0.550. The van der Waals surface area contributed by atoms with Gasteiger partial charge in [0.2, 0.25) is 0 Å². The van der Waals surface area contributed by atoms with Gasteiger partial charge in [0, 0.05) is 11.6 Å². The number of methoxy groups -OCH3 is 1. The number of aromatic nitrogens is 3. The van der Waals surface area contributed by atoms with Gasteiger partial charge in [-0.15, -0.1) is 0 Å². The van der Waals surface area contributed by atoms with Gasteiger partial charge in [-0.25, -0.2) is 9.78 Å². The molecule has 3 aromatic rings. The number of fused-ring (bicyclic) bond motifs is 1. The number of pyridine rings is 1. The van der Waals surface area contributed by atoms with E-state index in [1.54, 1.807) is 10.6 Å². The fourth-order valence-electron chi connectivity index (χ4n) is 3.36. The summed E-state index contributed by atoms with van der Waals surface area (Å²) in [5.41, 5.74) is 2.05. The van der Waals surface area contributed by atoms with Crippen LogP contribution in [0.5, 0.6) is 0 Å². The van der Waals surface area contributed by atoms with Crippen LogP contribution in [-0.4, -0.2) is 27.6 Å². The summed E-state index contributed by atoms with van der Waals surface area (Å²) in [6, 6.07) is 11.4. The molecule has 0 aliphatic heterocycles. The van der Waals surface area contributed by atoms with Gasteiger partial charge in [-0.05, 0) is 43.6 Å². The van der Waals surface area contributed by atoms with Crippen molar-refractivity contribution in [2.24, 2.45) is 0 Å². The highest BCUT2D eigenvalue weighted by Crippen LogP contribution is 2.40. The molecule has 2 heterocycles. The van der Waals surface area contributed by atoms with Crippen molar-refractivity contribution in [3.63, 3.8) is 0 Å². The van der Waals surface area contributed by atoms with Crippen LogP contribution in [0, 0.1) is 4.77 Å². The third kappa shape index (κ3) is 3.08. The molecule has 1 atom stereocenters. The molecule has 0 spiro atoms. The molecule has 27 heavy (non-hydrogen) atoms. The van der Waals surface area contributed by atoms with Gasteiger partial charge in [-0.3, -0.25) is 14.3 Å². The number of nitrogens with one attached hydrogen (secondary N) is 1. The van der Waals surface area contributed by atoms with E-state index in [-0.39, 0.29) is 21.8 Å². The van der Waals surface area contributed by atoms with Crippen molar-refractivity contribution in [2.75, 3.05) is 7.11 Å². The number of aromatic amines is 1. The molecule has 1 N–H and O–H groups in total. The van der Waals surface area contributed by atoms with Crippen LogP contribution in [0.1, 0.15) is 53.3 Å². The lowest BCUT2D eigenvalue weighted by molar-refractivity contribution is 0.0602. The Morgan fingerprint density at radius 2 is 2.04 bits per heavy atom. The van der Waals surface area contributed by atoms with Gasteiger partial charge in [-0.2, -0.15) is 0 Å². The van der Waals surface area contributed by atoms with Crippen LogP contribution in [0.2, 0.25) is 0 Å². The summed E-state index contributed by atoms with van der Waals surface area (Å²) >= 11 is 5.46. The number of carbonyl (C=O) groups is 1. The lowest BCUT2D eigenvalue weighted by Crippen LogP contribution is -2.22. The Labute approximate surface area is 160 Å². The Bertz CT molecular complexity index is 1150. The van der Waals surface area contributed by atoms with Gasteiger partial charge >= 0.3 is 5.97 Å². The number of benzene rings is 1. The maximum atomic E-state index is 12.7. The van der Waals surface area contributed by atoms with E-state index >= 15 is 0 Å². The van der Waals surface area contributed by atoms with E-state index in [0.717, 1.165) is 24.1 Å². The van der Waals surface area contributed by atoms with Crippen molar-refractivity contribution in [1.82, 2.24) is 14.5 Å². The predicted molar refractivity (Wildman–Crippen MR) is 105 cm³/mol. The summed E-state index contributed by atoms with van der Waals surface area (Å²) in [5, 5.41) is 0.211. The van der Waals surface area contributed by atoms with E-state index in [4.69, 9.17) is 21.9 Å². The van der Waals surface area contributed by atoms with E-state index in [1.807, 2.05) is 37.3 Å². The van der Waals surface area contributed by atoms with Crippen LogP contribution in [0.25, 0.3) is 11.0 Å². The van der Waals surface area contributed by atoms with Gasteiger partial charge in [-0.1, -0.05) is 30.3 Å². The Balaban J connectivity index is 2.07. The summed E-state index contributed by atoms with van der Waals surface area (Å²) in [5.74, 6) is -0.239. The predicted octanol–water partition coefficient (Wildman–Crippen LogP) is 3.73. The normalized spacial score (nSPS) is 14.9. The number of esters is 1. The van der Waals surface area contributed by atoms with Crippen molar-refractivity contribution < 1.29 is 9.53 Å². The Kier molecular flexibility index (Phi) is 4.39. The lowest BCUT2D eigenvalue weighted by atomic mass is 10.1. The molecule has 1 saturated carbocycles. The van der Waals surface area contributed by atoms with E-state index in [2.05, 4.69) is 4.98 Å². The Morgan fingerprint density at radius 1 is 1.33 bits per heavy atom. The highest BCUT2D eigenvalue weighted by atomic mass is 32.1. The number of hydrogen-bond donors (Lipinski definition) is 1. The van der Waals surface area contributed by atoms with Crippen LogP contribution in [0.4, 0.5) is 0 Å². The first-order valence-electron chi connectivity index (χ1n) is 8.84. The molecule has 0 radical (unpaired) electrons. The molecule has 1 fully saturated rings. The zero-order chi connectivity index (χ0) is 19.1. The van der Waals surface area contributed by atoms with Crippen molar-refractivity contribution in [1.29, 1.82) is 0 Å². The second-order valence-corrected chi connectivity index (χ2v) is 7.16. The first kappa shape index (κ1) is 17.6. The maximum absolute atomic E-state index is 12.7. The minimum absolute atomic E-state index is 0.162. The summed E-state index contributed by atoms with van der Waals surface area (Å²) in [7, 11) is 1.31. The number of nitrogens with zero attached hydrogens (tertiary/aromatic N) is 2. The zero-order valence-corrected chi connectivity index (χ0v) is 15.9. The van der Waals surface area contributed by atoms with Gasteiger partial charge in [0.1, 0.15) is 5.65 Å². The van der Waals surface area contributed by atoms with Crippen LogP contribution in [0.3, 0.4) is 0 Å². The highest BCUT2D eigenvalue weighted by molar-refractivity contribution is 7.71. The zero-order valence-electron chi connectivity index (χ0n) is 15.1. The molecule has 1 aromatic carbocycles. The third-order valence-corrected chi connectivity index (χ3v) is 5.28. The van der Waals surface area contributed by atoms with Crippen LogP contribution >= 0.6 is 12.2 Å². The molecule has 0 amide bonds. The molecule has 2 aromatic heterocycles. The maximum Gasteiger partial charge on any atom is 0.338 e. The summed E-state index contributed by atoms with van der Waals surface area (Å²) < 4.78 is 7.00. The average Bonchev–Trinajstić information content (AvgIpc) is 3.52. The summed E-state index contributed by atoms with van der Waals surface area (Å²) in [4.78, 5) is 32.5. The van der Waals surface area contributed by atoms with E-state index in [1.165, 1.54) is 7.11 Å². The van der Waals surface area contributed by atoms with Crippen molar-refractivity contribution in [2.45, 2.75) is 31.7 Å². The highest BCUT2D eigenvalue weighted by Gasteiger charge is 2.29. The second kappa shape index (κ2) is 6.74. The quantitative estimate of drug-likeness (QED) is 0.550. The monoisotopic (exact) mass is 381 g/mol. The van der Waals surface area contributed by atoms with Crippen molar-refractivity contribution >= 4 is 29.2 Å². The average molecular weight is 381 g/mol. The molecular formula is C20H19N3O3S. The number of ether oxygens (including phenoxy) is 1. The molecular weight excluding hydrogens is 362 g/mol. The molecule has 1 aliphatic carbocycles. The lowest BCUT2D eigenvalue weighted by Gasteiger charge is -2.19. The number of hydrogen-bond acceptors (Lipinski definition) is 5. The Hall–Kier alpha value is -2.80. The molecule has 4 rings (SSSR count). The number of carbonyl (C=O) groups excluding carboxylic acids is 1. The summed E-state index contributed by atoms with van der Waals surface area (Å²) in [6.45, 7) is 1.99. The Morgan fingerprint density at radius 3 is 2.67 bits per heavy atom. The topological polar surface area (TPSA) is 77.0 Å². The van der Waals surface area contributed by atoms with Crippen LogP contribution in [0.15, 0.2) is 41.2 Å². The minimum Gasteiger partial charge on any atom is -0.465 e. The van der Waals surface area contributed by atoms with Crippen molar-refractivity contribution in [3.05, 3.63) is 68.3 Å². The SMILES string of the molecule is COC(=O)c1cc(C2CC2)nc2c1c(=O)[nH]c(=S)n2C(C)c1ccccc1. The van der Waals surface area contributed by atoms with Gasteiger partial charge in [0.25, 0.3) is 5.56 Å². The molecule has 1 aliphatic rings. The van der Waals surface area contributed by atoms with Crippen molar-refractivity contribution in [3.8, 4) is 0 Å². The van der Waals surface area contributed by atoms with Crippen LogP contribution < -0.4 is 5.56 Å². The van der Waals surface area contributed by atoms with Gasteiger partial charge in [0.05, 0.1) is 24.1 Å². The summed E-state index contributed by atoms with van der Waals surface area (Å²) in [6.07, 6.45) is 2.05. The van der Waals surface area contributed by atoms with Gasteiger partial charge < -0.3 is 4.74 Å². The molecule has 6 nitrogen and oxygen atoms in total. The molecule has 138 valence electrons. The molecule has 7 heteroatoms. The third-order valence-electron chi connectivity index (χ3n) is 4.98. The van der Waals surface area contributed by atoms with Gasteiger partial charge in [0.15, 0.2) is 4.77 Å². The number of H-pyrrole nitrogens is 1. The number of rotatable bonds is 4. The first-order chi connectivity index (χ1) is 13.0. The van der Waals surface area contributed by atoms with E-state index in [0.29, 0.717) is 11.6 Å². The van der Waals surface area contributed by atoms with Crippen LogP contribution in [-0.2, 0) is 4.74 Å². The fraction of sp³-hybridized carbons (Fsp3) is 0.300. The van der Waals surface area contributed by atoms with E-state index < -0.39 is 11.5 Å². The first-order valence-corrected chi connectivity index (χ1v) is 9.24. The standard InChI is InChI=1S/C20H19N3O3S/c1-11(12-6-4-3-5-7-12)23-17-16(18(24)22-20(23)27)14(19(25)26-2)10-15(21-17)13-8-9-13/h3-7,10-11,13H,8-9H2,1-2H3,(H,22,24,27). The fourth-order valence-corrected chi connectivity index (χ4v) is 3.70. The largest absolute Gasteiger partial charge is 0.465 e.